The maximum Gasteiger partial charge on any atom is 0.0927 e. The van der Waals surface area contributed by atoms with Crippen LogP contribution in [0, 0.1) is 0 Å². The standard InChI is InChI=1S/C16H17ClS/c1-2-11-6-8-12(9-7-11)16(17)15-10-13-4-3-5-14(13)18-15/h6-10,16H,2-5H2,1H3. The summed E-state index contributed by atoms with van der Waals surface area (Å²) < 4.78 is 0. The van der Waals surface area contributed by atoms with Crippen molar-refractivity contribution in [3.63, 3.8) is 0 Å². The second-order valence-corrected chi connectivity index (χ2v) is 6.51. The quantitative estimate of drug-likeness (QED) is 0.682. The summed E-state index contributed by atoms with van der Waals surface area (Å²) >= 11 is 8.51. The number of aryl methyl sites for hydroxylation is 3. The first-order chi connectivity index (χ1) is 8.78. The van der Waals surface area contributed by atoms with Crippen molar-refractivity contribution < 1.29 is 0 Å². The van der Waals surface area contributed by atoms with Gasteiger partial charge in [-0.25, -0.2) is 0 Å². The summed E-state index contributed by atoms with van der Waals surface area (Å²) in [5.74, 6) is 0. The van der Waals surface area contributed by atoms with Gasteiger partial charge in [-0.2, -0.15) is 0 Å². The van der Waals surface area contributed by atoms with Crippen LogP contribution in [0.15, 0.2) is 30.3 Å². The van der Waals surface area contributed by atoms with Crippen molar-refractivity contribution in [1.82, 2.24) is 0 Å². The van der Waals surface area contributed by atoms with E-state index in [4.69, 9.17) is 11.6 Å². The third-order valence-electron chi connectivity index (χ3n) is 3.70. The molecule has 94 valence electrons. The average Bonchev–Trinajstić information content (AvgIpc) is 2.99. The van der Waals surface area contributed by atoms with Gasteiger partial charge in [0.1, 0.15) is 0 Å². The third-order valence-corrected chi connectivity index (χ3v) is 5.61. The van der Waals surface area contributed by atoms with Gasteiger partial charge in [-0.15, -0.1) is 22.9 Å². The molecule has 1 aromatic carbocycles. The highest BCUT2D eigenvalue weighted by molar-refractivity contribution is 7.12. The lowest BCUT2D eigenvalue weighted by Crippen LogP contribution is -1.91. The smallest absolute Gasteiger partial charge is 0.0927 e. The normalized spacial score (nSPS) is 15.7. The van der Waals surface area contributed by atoms with Crippen LogP contribution in [0.5, 0.6) is 0 Å². The molecule has 1 aliphatic carbocycles. The van der Waals surface area contributed by atoms with Crippen molar-refractivity contribution in [3.8, 4) is 0 Å². The lowest BCUT2D eigenvalue weighted by Gasteiger charge is -2.08. The molecule has 18 heavy (non-hydrogen) atoms. The van der Waals surface area contributed by atoms with Gasteiger partial charge in [0.25, 0.3) is 0 Å². The zero-order valence-electron chi connectivity index (χ0n) is 10.6. The van der Waals surface area contributed by atoms with E-state index in [1.807, 2.05) is 11.3 Å². The van der Waals surface area contributed by atoms with E-state index in [0.717, 1.165) is 6.42 Å². The summed E-state index contributed by atoms with van der Waals surface area (Å²) in [6.07, 6.45) is 4.89. The Kier molecular flexibility index (Phi) is 3.45. The van der Waals surface area contributed by atoms with Crippen molar-refractivity contribution in [2.45, 2.75) is 38.0 Å². The number of rotatable bonds is 3. The first-order valence-corrected chi connectivity index (χ1v) is 7.87. The summed E-state index contributed by atoms with van der Waals surface area (Å²) in [5, 5.41) is 0.0199. The van der Waals surface area contributed by atoms with Crippen molar-refractivity contribution in [3.05, 3.63) is 56.8 Å². The molecular formula is C16H17ClS. The highest BCUT2D eigenvalue weighted by atomic mass is 35.5. The Bertz CT molecular complexity index is 517. The van der Waals surface area contributed by atoms with E-state index < -0.39 is 0 Å². The largest absolute Gasteiger partial charge is 0.143 e. The van der Waals surface area contributed by atoms with Gasteiger partial charge in [-0.1, -0.05) is 31.2 Å². The van der Waals surface area contributed by atoms with E-state index in [2.05, 4.69) is 37.3 Å². The van der Waals surface area contributed by atoms with Gasteiger partial charge in [0.15, 0.2) is 0 Å². The molecule has 1 heterocycles. The number of thiophene rings is 1. The first kappa shape index (κ1) is 12.3. The van der Waals surface area contributed by atoms with Gasteiger partial charge in [0.2, 0.25) is 0 Å². The molecule has 1 aromatic heterocycles. The highest BCUT2D eigenvalue weighted by Gasteiger charge is 2.19. The van der Waals surface area contributed by atoms with Crippen LogP contribution in [0.4, 0.5) is 0 Å². The van der Waals surface area contributed by atoms with Crippen molar-refractivity contribution in [2.24, 2.45) is 0 Å². The van der Waals surface area contributed by atoms with Crippen molar-refractivity contribution in [2.75, 3.05) is 0 Å². The number of fused-ring (bicyclic) bond motifs is 1. The second kappa shape index (κ2) is 5.07. The summed E-state index contributed by atoms with van der Waals surface area (Å²) in [5.41, 5.74) is 4.12. The Hall–Kier alpha value is -0.790. The zero-order valence-corrected chi connectivity index (χ0v) is 12.2. The Morgan fingerprint density at radius 2 is 2.00 bits per heavy atom. The topological polar surface area (TPSA) is 0 Å². The predicted molar refractivity (Wildman–Crippen MR) is 79.9 cm³/mol. The molecule has 1 atom stereocenters. The van der Waals surface area contributed by atoms with Crippen LogP contribution in [-0.2, 0) is 19.3 Å². The van der Waals surface area contributed by atoms with E-state index in [0.29, 0.717) is 0 Å². The van der Waals surface area contributed by atoms with Gasteiger partial charge in [-0.3, -0.25) is 0 Å². The van der Waals surface area contributed by atoms with E-state index in [1.165, 1.54) is 40.8 Å². The minimum atomic E-state index is 0.0199. The second-order valence-electron chi connectivity index (χ2n) is 4.91. The van der Waals surface area contributed by atoms with Crippen LogP contribution in [0.3, 0.4) is 0 Å². The molecule has 0 radical (unpaired) electrons. The monoisotopic (exact) mass is 276 g/mol. The lowest BCUT2D eigenvalue weighted by molar-refractivity contribution is 0.913. The predicted octanol–water partition coefficient (Wildman–Crippen LogP) is 5.13. The fourth-order valence-electron chi connectivity index (χ4n) is 2.56. The highest BCUT2D eigenvalue weighted by Crippen LogP contribution is 2.39. The fraction of sp³-hybridized carbons (Fsp3) is 0.375. The molecule has 2 aromatic rings. The van der Waals surface area contributed by atoms with Gasteiger partial charge in [-0.05, 0) is 48.4 Å². The SMILES string of the molecule is CCc1ccc(C(Cl)c2cc3c(s2)CCC3)cc1. The maximum absolute atomic E-state index is 6.60. The zero-order chi connectivity index (χ0) is 12.5. The van der Waals surface area contributed by atoms with Crippen LogP contribution in [-0.4, -0.2) is 0 Å². The van der Waals surface area contributed by atoms with E-state index >= 15 is 0 Å². The summed E-state index contributed by atoms with van der Waals surface area (Å²) in [7, 11) is 0. The molecule has 0 nitrogen and oxygen atoms in total. The lowest BCUT2D eigenvalue weighted by atomic mass is 10.1. The summed E-state index contributed by atoms with van der Waals surface area (Å²) in [6.45, 7) is 2.18. The van der Waals surface area contributed by atoms with Gasteiger partial charge in [0, 0.05) is 9.75 Å². The Morgan fingerprint density at radius 1 is 1.22 bits per heavy atom. The summed E-state index contributed by atoms with van der Waals surface area (Å²) in [6, 6.07) is 11.0. The first-order valence-electron chi connectivity index (χ1n) is 6.62. The van der Waals surface area contributed by atoms with Crippen LogP contribution in [0.2, 0.25) is 0 Å². The van der Waals surface area contributed by atoms with E-state index in [9.17, 15) is 0 Å². The molecule has 0 N–H and O–H groups in total. The molecule has 2 heteroatoms. The Morgan fingerprint density at radius 3 is 2.67 bits per heavy atom. The third kappa shape index (κ3) is 2.22. The molecule has 1 unspecified atom stereocenters. The molecule has 1 aliphatic rings. The van der Waals surface area contributed by atoms with Crippen LogP contribution < -0.4 is 0 Å². The molecule has 0 amide bonds. The molecule has 0 aliphatic heterocycles. The fourth-order valence-corrected chi connectivity index (χ4v) is 4.17. The maximum atomic E-state index is 6.60. The molecule has 0 saturated heterocycles. The van der Waals surface area contributed by atoms with Gasteiger partial charge >= 0.3 is 0 Å². The van der Waals surface area contributed by atoms with Crippen LogP contribution in [0.25, 0.3) is 0 Å². The number of hydrogen-bond donors (Lipinski definition) is 0. The number of alkyl halides is 1. The van der Waals surface area contributed by atoms with Crippen molar-refractivity contribution >= 4 is 22.9 Å². The Labute approximate surface area is 118 Å². The molecule has 3 rings (SSSR count). The van der Waals surface area contributed by atoms with Crippen LogP contribution in [0.1, 0.15) is 45.2 Å². The average molecular weight is 277 g/mol. The molecule has 0 saturated carbocycles. The molecule has 0 bridgehead atoms. The minimum absolute atomic E-state index is 0.0199. The van der Waals surface area contributed by atoms with Gasteiger partial charge in [0.05, 0.1) is 5.38 Å². The van der Waals surface area contributed by atoms with E-state index in [1.54, 1.807) is 4.88 Å². The minimum Gasteiger partial charge on any atom is -0.143 e. The number of hydrogen-bond acceptors (Lipinski definition) is 1. The van der Waals surface area contributed by atoms with Crippen LogP contribution >= 0.6 is 22.9 Å². The number of halogens is 1. The van der Waals surface area contributed by atoms with Gasteiger partial charge < -0.3 is 0 Å². The van der Waals surface area contributed by atoms with E-state index in [-0.39, 0.29) is 5.38 Å². The molecule has 0 fully saturated rings. The van der Waals surface area contributed by atoms with Crippen molar-refractivity contribution in [1.29, 1.82) is 0 Å². The molecule has 0 spiro atoms. The summed E-state index contributed by atoms with van der Waals surface area (Å²) in [4.78, 5) is 2.87. The Balaban J connectivity index is 1.86. The molecular weight excluding hydrogens is 260 g/mol. The number of benzene rings is 1.